The zero-order valence-electron chi connectivity index (χ0n) is 11.8. The maximum absolute atomic E-state index is 6.19. The minimum Gasteiger partial charge on any atom is -0.492 e. The highest BCUT2D eigenvalue weighted by Crippen LogP contribution is 2.30. The van der Waals surface area contributed by atoms with Gasteiger partial charge in [0.15, 0.2) is 0 Å². The summed E-state index contributed by atoms with van der Waals surface area (Å²) in [7, 11) is 0. The molecule has 0 radical (unpaired) electrons. The first-order valence-electron chi connectivity index (χ1n) is 6.83. The van der Waals surface area contributed by atoms with E-state index < -0.39 is 0 Å². The highest BCUT2D eigenvalue weighted by Gasteiger charge is 2.28. The van der Waals surface area contributed by atoms with Crippen molar-refractivity contribution < 1.29 is 9.47 Å². The molecule has 1 aliphatic heterocycles. The highest BCUT2D eigenvalue weighted by atomic mass is 35.5. The number of anilines is 1. The second-order valence-electron chi connectivity index (χ2n) is 5.52. The Labute approximate surface area is 120 Å². The van der Waals surface area contributed by atoms with E-state index in [0.29, 0.717) is 17.7 Å². The maximum Gasteiger partial charge on any atom is 0.138 e. The van der Waals surface area contributed by atoms with E-state index in [0.717, 1.165) is 30.9 Å². The quantitative estimate of drug-likeness (QED) is 0.902. The SMILES string of the molecule is CCOc1ccc(NC2CCOC(C)(C)C2)cc1Cl. The number of benzene rings is 1. The third kappa shape index (κ3) is 4.02. The van der Waals surface area contributed by atoms with Gasteiger partial charge in [-0.05, 0) is 51.8 Å². The standard InChI is InChI=1S/C15H22ClNO2/c1-4-18-14-6-5-11(9-13(14)16)17-12-7-8-19-15(2,3)10-12/h5-6,9,12,17H,4,7-8,10H2,1-3H3. The molecular formula is C15H22ClNO2. The van der Waals surface area contributed by atoms with E-state index in [1.54, 1.807) is 0 Å². The van der Waals surface area contributed by atoms with Gasteiger partial charge in [-0.15, -0.1) is 0 Å². The fraction of sp³-hybridized carbons (Fsp3) is 0.600. The summed E-state index contributed by atoms with van der Waals surface area (Å²) >= 11 is 6.19. The molecule has 0 aromatic heterocycles. The van der Waals surface area contributed by atoms with Gasteiger partial charge in [-0.25, -0.2) is 0 Å². The molecular weight excluding hydrogens is 262 g/mol. The van der Waals surface area contributed by atoms with Gasteiger partial charge in [-0.3, -0.25) is 0 Å². The molecule has 0 bridgehead atoms. The van der Waals surface area contributed by atoms with Gasteiger partial charge in [0.1, 0.15) is 5.75 Å². The monoisotopic (exact) mass is 283 g/mol. The summed E-state index contributed by atoms with van der Waals surface area (Å²) in [6.45, 7) is 7.64. The van der Waals surface area contributed by atoms with E-state index in [-0.39, 0.29) is 5.60 Å². The molecule has 19 heavy (non-hydrogen) atoms. The Balaban J connectivity index is 2.01. The fourth-order valence-corrected chi connectivity index (χ4v) is 2.69. The molecule has 1 fully saturated rings. The topological polar surface area (TPSA) is 30.5 Å². The van der Waals surface area contributed by atoms with Gasteiger partial charge in [-0.1, -0.05) is 11.6 Å². The zero-order chi connectivity index (χ0) is 13.9. The molecule has 1 unspecified atom stereocenters. The highest BCUT2D eigenvalue weighted by molar-refractivity contribution is 6.32. The molecule has 4 heteroatoms. The maximum atomic E-state index is 6.19. The van der Waals surface area contributed by atoms with E-state index in [1.165, 1.54) is 0 Å². The summed E-state index contributed by atoms with van der Waals surface area (Å²) in [5, 5.41) is 4.18. The second-order valence-corrected chi connectivity index (χ2v) is 5.93. The van der Waals surface area contributed by atoms with Crippen molar-refractivity contribution in [2.75, 3.05) is 18.5 Å². The summed E-state index contributed by atoms with van der Waals surface area (Å²) in [5.74, 6) is 0.738. The Hall–Kier alpha value is -0.930. The van der Waals surface area contributed by atoms with Gasteiger partial charge < -0.3 is 14.8 Å². The van der Waals surface area contributed by atoms with E-state index >= 15 is 0 Å². The van der Waals surface area contributed by atoms with Crippen LogP contribution in [0.1, 0.15) is 33.6 Å². The van der Waals surface area contributed by atoms with Crippen LogP contribution in [0.15, 0.2) is 18.2 Å². The van der Waals surface area contributed by atoms with Crippen molar-refractivity contribution in [1.82, 2.24) is 0 Å². The molecule has 0 amide bonds. The molecule has 1 saturated heterocycles. The van der Waals surface area contributed by atoms with Gasteiger partial charge in [0.05, 0.1) is 17.2 Å². The smallest absolute Gasteiger partial charge is 0.138 e. The van der Waals surface area contributed by atoms with Crippen LogP contribution in [0.25, 0.3) is 0 Å². The number of ether oxygens (including phenoxy) is 2. The Morgan fingerprint density at radius 2 is 2.26 bits per heavy atom. The number of halogens is 1. The zero-order valence-corrected chi connectivity index (χ0v) is 12.6. The van der Waals surface area contributed by atoms with Crippen LogP contribution < -0.4 is 10.1 Å². The molecule has 1 aromatic rings. The molecule has 2 rings (SSSR count). The van der Waals surface area contributed by atoms with Gasteiger partial charge in [0.25, 0.3) is 0 Å². The third-order valence-electron chi connectivity index (χ3n) is 3.30. The normalized spacial score (nSPS) is 22.0. The van der Waals surface area contributed by atoms with Crippen LogP contribution in [-0.2, 0) is 4.74 Å². The summed E-state index contributed by atoms with van der Waals surface area (Å²) in [6.07, 6.45) is 2.02. The first kappa shape index (κ1) is 14.5. The van der Waals surface area contributed by atoms with Gasteiger partial charge in [0.2, 0.25) is 0 Å². The molecule has 1 heterocycles. The predicted octanol–water partition coefficient (Wildman–Crippen LogP) is 4.11. The van der Waals surface area contributed by atoms with Crippen molar-refractivity contribution in [2.24, 2.45) is 0 Å². The Morgan fingerprint density at radius 3 is 2.89 bits per heavy atom. The lowest BCUT2D eigenvalue weighted by atomic mass is 9.94. The molecule has 0 aliphatic carbocycles. The lowest BCUT2D eigenvalue weighted by Gasteiger charge is -2.36. The van der Waals surface area contributed by atoms with Gasteiger partial charge in [-0.2, -0.15) is 0 Å². The molecule has 1 aromatic carbocycles. The predicted molar refractivity (Wildman–Crippen MR) is 79.3 cm³/mol. The van der Waals surface area contributed by atoms with Crippen molar-refractivity contribution in [3.8, 4) is 5.75 Å². The van der Waals surface area contributed by atoms with Crippen molar-refractivity contribution in [1.29, 1.82) is 0 Å². The number of rotatable bonds is 4. The van der Waals surface area contributed by atoms with E-state index in [4.69, 9.17) is 21.1 Å². The summed E-state index contributed by atoms with van der Waals surface area (Å²) in [4.78, 5) is 0. The average molecular weight is 284 g/mol. The van der Waals surface area contributed by atoms with Crippen LogP contribution in [0.3, 0.4) is 0 Å². The van der Waals surface area contributed by atoms with Crippen molar-refractivity contribution in [2.45, 2.75) is 45.3 Å². The Morgan fingerprint density at radius 1 is 1.47 bits per heavy atom. The van der Waals surface area contributed by atoms with Crippen LogP contribution in [0, 0.1) is 0 Å². The number of hydrogen-bond donors (Lipinski definition) is 1. The Bertz CT molecular complexity index is 434. The molecule has 1 atom stereocenters. The summed E-state index contributed by atoms with van der Waals surface area (Å²) in [6, 6.07) is 6.28. The number of hydrogen-bond acceptors (Lipinski definition) is 3. The van der Waals surface area contributed by atoms with Crippen LogP contribution in [0.2, 0.25) is 5.02 Å². The first-order chi connectivity index (χ1) is 9.00. The van der Waals surface area contributed by atoms with Crippen molar-refractivity contribution in [3.05, 3.63) is 23.2 Å². The van der Waals surface area contributed by atoms with Crippen LogP contribution in [0.4, 0.5) is 5.69 Å². The first-order valence-corrected chi connectivity index (χ1v) is 7.21. The summed E-state index contributed by atoms with van der Waals surface area (Å²) in [5.41, 5.74) is 0.987. The van der Waals surface area contributed by atoms with Gasteiger partial charge in [0, 0.05) is 18.3 Å². The molecule has 0 spiro atoms. The van der Waals surface area contributed by atoms with E-state index in [1.807, 2.05) is 25.1 Å². The molecule has 3 nitrogen and oxygen atoms in total. The second kappa shape index (κ2) is 6.02. The third-order valence-corrected chi connectivity index (χ3v) is 3.59. The van der Waals surface area contributed by atoms with Crippen molar-refractivity contribution >= 4 is 17.3 Å². The van der Waals surface area contributed by atoms with Gasteiger partial charge >= 0.3 is 0 Å². The molecule has 106 valence electrons. The van der Waals surface area contributed by atoms with Crippen LogP contribution >= 0.6 is 11.6 Å². The molecule has 0 saturated carbocycles. The lowest BCUT2D eigenvalue weighted by molar-refractivity contribution is -0.0553. The van der Waals surface area contributed by atoms with Crippen LogP contribution in [-0.4, -0.2) is 24.9 Å². The van der Waals surface area contributed by atoms with Crippen molar-refractivity contribution in [3.63, 3.8) is 0 Å². The number of nitrogens with one attached hydrogen (secondary N) is 1. The largest absolute Gasteiger partial charge is 0.492 e. The van der Waals surface area contributed by atoms with E-state index in [9.17, 15) is 0 Å². The minimum absolute atomic E-state index is 0.0506. The minimum atomic E-state index is -0.0506. The van der Waals surface area contributed by atoms with E-state index in [2.05, 4.69) is 19.2 Å². The fourth-order valence-electron chi connectivity index (χ4n) is 2.45. The molecule has 1 aliphatic rings. The van der Waals surface area contributed by atoms with Crippen LogP contribution in [0.5, 0.6) is 5.75 Å². The summed E-state index contributed by atoms with van der Waals surface area (Å²) < 4.78 is 11.2. The Kier molecular flexibility index (Phi) is 4.58. The molecule has 1 N–H and O–H groups in total. The average Bonchev–Trinajstić information content (AvgIpc) is 2.31. The lowest BCUT2D eigenvalue weighted by Crippen LogP contribution is -2.40.